The number of aromatic nitrogens is 3. The fraction of sp³-hybridized carbons (Fsp3) is 0.286. The van der Waals surface area contributed by atoms with Crippen molar-refractivity contribution in [2.24, 2.45) is 0 Å². The summed E-state index contributed by atoms with van der Waals surface area (Å²) in [6.07, 6.45) is 6.40. The first-order valence-corrected chi connectivity index (χ1v) is 8.96. The Morgan fingerprint density at radius 1 is 1.07 bits per heavy atom. The van der Waals surface area contributed by atoms with Gasteiger partial charge >= 0.3 is 0 Å². The van der Waals surface area contributed by atoms with E-state index >= 15 is 0 Å². The van der Waals surface area contributed by atoms with Crippen molar-refractivity contribution >= 4 is 0 Å². The van der Waals surface area contributed by atoms with E-state index in [2.05, 4.69) is 20.9 Å². The SMILES string of the molecule is COc1cccc(CN2CCc3nc(-c4cccnc4)ncc3C2)c1OC. The molecule has 138 valence electrons. The normalized spacial score (nSPS) is 13.9. The Hall–Kier alpha value is -2.99. The summed E-state index contributed by atoms with van der Waals surface area (Å²) >= 11 is 0. The summed E-state index contributed by atoms with van der Waals surface area (Å²) in [5.74, 6) is 2.30. The molecule has 0 bridgehead atoms. The molecule has 3 heterocycles. The predicted molar refractivity (Wildman–Crippen MR) is 103 cm³/mol. The molecule has 1 aliphatic rings. The Balaban J connectivity index is 1.53. The molecule has 6 nitrogen and oxygen atoms in total. The van der Waals surface area contributed by atoms with Crippen LogP contribution in [0.25, 0.3) is 11.4 Å². The second-order valence-corrected chi connectivity index (χ2v) is 6.52. The van der Waals surface area contributed by atoms with E-state index in [9.17, 15) is 0 Å². The van der Waals surface area contributed by atoms with E-state index in [0.717, 1.165) is 60.2 Å². The van der Waals surface area contributed by atoms with Crippen LogP contribution >= 0.6 is 0 Å². The maximum absolute atomic E-state index is 5.56. The third kappa shape index (κ3) is 3.61. The molecule has 3 aromatic rings. The molecule has 0 amide bonds. The van der Waals surface area contributed by atoms with Crippen molar-refractivity contribution in [1.82, 2.24) is 19.9 Å². The number of pyridine rings is 1. The maximum Gasteiger partial charge on any atom is 0.165 e. The van der Waals surface area contributed by atoms with Crippen LogP contribution in [0.3, 0.4) is 0 Å². The fourth-order valence-corrected chi connectivity index (χ4v) is 3.46. The number of rotatable bonds is 5. The molecule has 1 aromatic carbocycles. The average Bonchev–Trinajstić information content (AvgIpc) is 2.73. The van der Waals surface area contributed by atoms with Crippen molar-refractivity contribution in [3.8, 4) is 22.9 Å². The number of para-hydroxylation sites is 1. The quantitative estimate of drug-likeness (QED) is 0.695. The number of benzene rings is 1. The molecular formula is C21H22N4O2. The smallest absolute Gasteiger partial charge is 0.165 e. The van der Waals surface area contributed by atoms with Gasteiger partial charge in [0.15, 0.2) is 17.3 Å². The zero-order valence-electron chi connectivity index (χ0n) is 15.6. The lowest BCUT2D eigenvalue weighted by Crippen LogP contribution is -2.31. The average molecular weight is 362 g/mol. The molecule has 27 heavy (non-hydrogen) atoms. The lowest BCUT2D eigenvalue weighted by Gasteiger charge is -2.28. The third-order valence-electron chi connectivity index (χ3n) is 4.81. The van der Waals surface area contributed by atoms with Crippen LogP contribution in [-0.4, -0.2) is 40.6 Å². The van der Waals surface area contributed by atoms with Crippen molar-refractivity contribution in [2.45, 2.75) is 19.5 Å². The first-order chi connectivity index (χ1) is 13.3. The highest BCUT2D eigenvalue weighted by Gasteiger charge is 2.21. The number of fused-ring (bicyclic) bond motifs is 1. The van der Waals surface area contributed by atoms with Gasteiger partial charge in [-0.15, -0.1) is 0 Å². The van der Waals surface area contributed by atoms with Gasteiger partial charge in [-0.25, -0.2) is 9.97 Å². The third-order valence-corrected chi connectivity index (χ3v) is 4.81. The summed E-state index contributed by atoms with van der Waals surface area (Å²) in [4.78, 5) is 15.8. The zero-order valence-corrected chi connectivity index (χ0v) is 15.6. The molecule has 1 aliphatic heterocycles. The minimum absolute atomic E-state index is 0.741. The van der Waals surface area contributed by atoms with Gasteiger partial charge in [-0.3, -0.25) is 9.88 Å². The predicted octanol–water partition coefficient (Wildman–Crippen LogP) is 3.11. The molecule has 4 rings (SSSR count). The lowest BCUT2D eigenvalue weighted by molar-refractivity contribution is 0.238. The number of nitrogens with zero attached hydrogens (tertiary/aromatic N) is 4. The molecular weight excluding hydrogens is 340 g/mol. The number of hydrogen-bond acceptors (Lipinski definition) is 6. The van der Waals surface area contributed by atoms with Gasteiger partial charge < -0.3 is 9.47 Å². The summed E-state index contributed by atoms with van der Waals surface area (Å²) in [5.41, 5.74) is 4.37. The second-order valence-electron chi connectivity index (χ2n) is 6.52. The van der Waals surface area contributed by atoms with Gasteiger partial charge in [-0.1, -0.05) is 12.1 Å². The Bertz CT molecular complexity index is 931. The Kier molecular flexibility index (Phi) is 4.98. The molecule has 0 aliphatic carbocycles. The van der Waals surface area contributed by atoms with Crippen LogP contribution in [0.5, 0.6) is 11.5 Å². The van der Waals surface area contributed by atoms with Crippen LogP contribution in [0, 0.1) is 0 Å². The Morgan fingerprint density at radius 3 is 2.78 bits per heavy atom. The summed E-state index contributed by atoms with van der Waals surface area (Å²) in [5, 5.41) is 0. The molecule has 6 heteroatoms. The van der Waals surface area contributed by atoms with Gasteiger partial charge in [-0.2, -0.15) is 0 Å². The zero-order chi connectivity index (χ0) is 18.6. The standard InChI is InChI=1S/C21H22N4O2/c1-26-19-7-3-5-16(20(19)27-2)13-25-10-8-18-17(14-25)12-23-21(24-18)15-6-4-9-22-11-15/h3-7,9,11-12H,8,10,13-14H2,1-2H3. The summed E-state index contributed by atoms with van der Waals surface area (Å²) in [6.45, 7) is 2.56. The van der Waals surface area contributed by atoms with Crippen LogP contribution in [0.2, 0.25) is 0 Å². The van der Waals surface area contributed by atoms with Crippen LogP contribution in [0.4, 0.5) is 0 Å². The highest BCUT2D eigenvalue weighted by molar-refractivity contribution is 5.53. The van der Waals surface area contributed by atoms with E-state index in [-0.39, 0.29) is 0 Å². The molecule has 0 fully saturated rings. The first-order valence-electron chi connectivity index (χ1n) is 8.96. The van der Waals surface area contributed by atoms with Gasteiger partial charge in [-0.05, 0) is 18.2 Å². The first kappa shape index (κ1) is 17.4. The van der Waals surface area contributed by atoms with E-state index in [1.807, 2.05) is 30.5 Å². The van der Waals surface area contributed by atoms with E-state index in [1.54, 1.807) is 26.6 Å². The van der Waals surface area contributed by atoms with Crippen molar-refractivity contribution in [1.29, 1.82) is 0 Å². The molecule has 0 spiro atoms. The number of ether oxygens (including phenoxy) is 2. The minimum atomic E-state index is 0.741. The van der Waals surface area contributed by atoms with Crippen LogP contribution in [0.15, 0.2) is 48.9 Å². The van der Waals surface area contributed by atoms with Crippen LogP contribution < -0.4 is 9.47 Å². The lowest BCUT2D eigenvalue weighted by atomic mass is 10.1. The van der Waals surface area contributed by atoms with Crippen LogP contribution in [0.1, 0.15) is 16.8 Å². The highest BCUT2D eigenvalue weighted by Crippen LogP contribution is 2.32. The molecule has 2 aromatic heterocycles. The Labute approximate surface area is 158 Å². The summed E-state index contributed by atoms with van der Waals surface area (Å²) < 4.78 is 11.0. The second kappa shape index (κ2) is 7.72. The van der Waals surface area contributed by atoms with Gasteiger partial charge in [0, 0.05) is 61.3 Å². The molecule has 0 N–H and O–H groups in total. The molecule has 0 atom stereocenters. The molecule has 0 unspecified atom stereocenters. The van der Waals surface area contributed by atoms with E-state index < -0.39 is 0 Å². The van der Waals surface area contributed by atoms with Gasteiger partial charge in [0.05, 0.1) is 19.9 Å². The van der Waals surface area contributed by atoms with Gasteiger partial charge in [0.2, 0.25) is 0 Å². The largest absolute Gasteiger partial charge is 0.493 e. The molecule has 0 saturated heterocycles. The summed E-state index contributed by atoms with van der Waals surface area (Å²) in [7, 11) is 3.34. The number of methoxy groups -OCH3 is 2. The van der Waals surface area contributed by atoms with Crippen molar-refractivity contribution in [3.63, 3.8) is 0 Å². The topological polar surface area (TPSA) is 60.4 Å². The minimum Gasteiger partial charge on any atom is -0.493 e. The van der Waals surface area contributed by atoms with Crippen molar-refractivity contribution < 1.29 is 9.47 Å². The Morgan fingerprint density at radius 2 is 2.00 bits per heavy atom. The van der Waals surface area contributed by atoms with E-state index in [1.165, 1.54) is 5.56 Å². The molecule has 0 saturated carbocycles. The highest BCUT2D eigenvalue weighted by atomic mass is 16.5. The fourth-order valence-electron chi connectivity index (χ4n) is 3.46. The van der Waals surface area contributed by atoms with Crippen LogP contribution in [-0.2, 0) is 19.5 Å². The maximum atomic E-state index is 5.56. The van der Waals surface area contributed by atoms with E-state index in [0.29, 0.717) is 0 Å². The van der Waals surface area contributed by atoms with Crippen molar-refractivity contribution in [3.05, 3.63) is 65.7 Å². The van der Waals surface area contributed by atoms with Gasteiger partial charge in [0.1, 0.15) is 0 Å². The van der Waals surface area contributed by atoms with Crippen molar-refractivity contribution in [2.75, 3.05) is 20.8 Å². The monoisotopic (exact) mass is 362 g/mol. The number of hydrogen-bond donors (Lipinski definition) is 0. The summed E-state index contributed by atoms with van der Waals surface area (Å²) in [6, 6.07) is 9.89. The van der Waals surface area contributed by atoms with Gasteiger partial charge in [0.25, 0.3) is 0 Å². The van der Waals surface area contributed by atoms with E-state index in [4.69, 9.17) is 14.5 Å². The molecule has 0 radical (unpaired) electrons.